The summed E-state index contributed by atoms with van der Waals surface area (Å²) in [6, 6.07) is 1.66. The third kappa shape index (κ3) is 1.78. The number of aliphatic imine (C=N–C) groups is 1. The highest BCUT2D eigenvalue weighted by Gasteiger charge is 1.83. The van der Waals surface area contributed by atoms with Gasteiger partial charge < -0.3 is 21.1 Å². The molecule has 6 heteroatoms. The lowest BCUT2D eigenvalue weighted by Gasteiger charge is -2.07. The largest absolute Gasteiger partial charge is 0.409 e. The first-order valence-electron chi connectivity index (χ1n) is 2.84. The minimum Gasteiger partial charge on any atom is -0.409 e. The monoisotopic (exact) mass is 151 g/mol. The van der Waals surface area contributed by atoms with Crippen molar-refractivity contribution in [3.63, 3.8) is 0 Å². The average Bonchev–Trinajstić information content (AvgIpc) is 2.35. The van der Waals surface area contributed by atoms with E-state index in [9.17, 15) is 0 Å². The van der Waals surface area contributed by atoms with Gasteiger partial charge in [0.15, 0.2) is 0 Å². The summed E-state index contributed by atoms with van der Waals surface area (Å²) in [5.41, 5.74) is 12.1. The Balaban J connectivity index is 2.86. The van der Waals surface area contributed by atoms with Crippen LogP contribution in [0, 0.1) is 5.41 Å². The molecule has 1 aromatic rings. The van der Waals surface area contributed by atoms with Gasteiger partial charge in [0.1, 0.15) is 5.96 Å². The summed E-state index contributed by atoms with van der Waals surface area (Å²) in [7, 11) is 0. The second-order valence-electron chi connectivity index (χ2n) is 1.77. The van der Waals surface area contributed by atoms with Crippen LogP contribution in [0.2, 0.25) is 0 Å². The summed E-state index contributed by atoms with van der Waals surface area (Å²) in [6.07, 6.45) is 3.07. The molecule has 11 heavy (non-hydrogen) atoms. The zero-order chi connectivity index (χ0) is 8.27. The Hall–Kier alpha value is -1.85. The minimum atomic E-state index is -0.398. The Kier molecular flexibility index (Phi) is 1.86. The number of nitrogens with zero attached hydrogens (tertiary/aromatic N) is 3. The van der Waals surface area contributed by atoms with Gasteiger partial charge in [-0.3, -0.25) is 5.41 Å². The van der Waals surface area contributed by atoms with Crippen molar-refractivity contribution in [2.75, 3.05) is 0 Å². The molecular weight excluding hydrogens is 144 g/mol. The molecule has 0 fully saturated rings. The first kappa shape index (κ1) is 7.26. The second kappa shape index (κ2) is 2.82. The van der Waals surface area contributed by atoms with Gasteiger partial charge >= 0.3 is 0 Å². The summed E-state index contributed by atoms with van der Waals surface area (Å²) in [5.74, 6) is -0.562. The van der Waals surface area contributed by atoms with Crippen molar-refractivity contribution in [3.05, 3.63) is 24.2 Å². The van der Waals surface area contributed by atoms with Gasteiger partial charge in [0.25, 0.3) is 0 Å². The van der Waals surface area contributed by atoms with Crippen molar-refractivity contribution in [1.29, 1.82) is 5.41 Å². The van der Waals surface area contributed by atoms with Crippen LogP contribution in [-0.2, 0) is 0 Å². The summed E-state index contributed by atoms with van der Waals surface area (Å²) < 4.78 is 1.21. The molecule has 0 unspecified atom stereocenters. The van der Waals surface area contributed by atoms with Gasteiger partial charge in [-0.1, -0.05) is 0 Å². The quantitative estimate of drug-likeness (QED) is 0.403. The van der Waals surface area contributed by atoms with Crippen LogP contribution in [0.25, 0.3) is 5.73 Å². The second-order valence-corrected chi connectivity index (χ2v) is 1.77. The molecule has 0 atom stereocenters. The van der Waals surface area contributed by atoms with Crippen LogP contribution in [0.3, 0.4) is 0 Å². The first-order valence-corrected chi connectivity index (χ1v) is 2.84. The molecule has 1 rings (SSSR count). The molecule has 0 bridgehead atoms. The molecule has 0 aliphatic rings. The molecule has 58 valence electrons. The topological polar surface area (TPSA) is 104 Å². The van der Waals surface area contributed by atoms with Crippen molar-refractivity contribution >= 4 is 11.9 Å². The maximum atomic E-state index is 7.19. The predicted molar refractivity (Wildman–Crippen MR) is 41.3 cm³/mol. The highest BCUT2D eigenvalue weighted by molar-refractivity contribution is 5.97. The number of nitrogens with two attached hydrogens (primary N) is 1. The Labute approximate surface area is 63.0 Å². The van der Waals surface area contributed by atoms with E-state index < -0.39 is 5.96 Å². The summed E-state index contributed by atoms with van der Waals surface area (Å²) in [4.78, 5) is 3.36. The zero-order valence-electron chi connectivity index (χ0n) is 5.65. The van der Waals surface area contributed by atoms with E-state index in [1.54, 1.807) is 12.3 Å². The van der Waals surface area contributed by atoms with Crippen molar-refractivity contribution in [3.8, 4) is 0 Å². The Morgan fingerprint density at radius 3 is 2.91 bits per heavy atom. The van der Waals surface area contributed by atoms with Crippen LogP contribution in [-0.4, -0.2) is 21.7 Å². The molecule has 0 aliphatic carbocycles. The Bertz CT molecular complexity index is 271. The lowest BCUT2D eigenvalue weighted by molar-refractivity contribution is 0.939. The fourth-order valence-corrected chi connectivity index (χ4v) is 0.559. The number of nitrogens with one attached hydrogen (secondary N) is 2. The number of hydrogen-bond donors (Lipinski definition) is 2. The van der Waals surface area contributed by atoms with Gasteiger partial charge in [-0.15, -0.1) is 0 Å². The smallest absolute Gasteiger partial charge is 0.140 e. The molecule has 0 saturated carbocycles. The molecule has 6 nitrogen and oxygen atoms in total. The minimum absolute atomic E-state index is 0.164. The van der Waals surface area contributed by atoms with E-state index in [0.717, 1.165) is 0 Å². The average molecular weight is 151 g/mol. The van der Waals surface area contributed by atoms with Crippen LogP contribution in [0.15, 0.2) is 23.5 Å². The number of hydrogen-bond acceptors (Lipinski definition) is 2. The molecule has 0 aromatic carbocycles. The maximum absolute atomic E-state index is 7.19. The van der Waals surface area contributed by atoms with Gasteiger partial charge in [0.2, 0.25) is 0 Å². The number of guanidine groups is 1. The van der Waals surface area contributed by atoms with E-state index in [2.05, 4.69) is 10.1 Å². The fourth-order valence-electron chi connectivity index (χ4n) is 0.559. The number of rotatable bonds is 0. The van der Waals surface area contributed by atoms with E-state index in [-0.39, 0.29) is 5.96 Å². The van der Waals surface area contributed by atoms with Gasteiger partial charge in [-0.2, -0.15) is 0 Å². The molecule has 1 heterocycles. The fraction of sp³-hybridized carbons (Fsp3) is 0. The molecule has 0 aliphatic heterocycles. The van der Waals surface area contributed by atoms with Crippen molar-refractivity contribution in [2.45, 2.75) is 0 Å². The van der Waals surface area contributed by atoms with Gasteiger partial charge in [-0.25, -0.2) is 5.10 Å². The molecule has 0 radical (unpaired) electrons. The third-order valence-electron chi connectivity index (χ3n) is 0.948. The normalized spacial score (nSPS) is 11.5. The predicted octanol–water partition coefficient (Wildman–Crippen LogP) is 0.0329. The maximum Gasteiger partial charge on any atom is 0.140 e. The highest BCUT2D eigenvalue weighted by atomic mass is 15.3. The van der Waals surface area contributed by atoms with Crippen molar-refractivity contribution < 1.29 is 0 Å². The highest BCUT2D eigenvalue weighted by Crippen LogP contribution is 1.86. The van der Waals surface area contributed by atoms with Gasteiger partial charge in [-0.05, 0) is 12.3 Å². The molecule has 0 spiro atoms. The van der Waals surface area contributed by atoms with Gasteiger partial charge in [0.05, 0.1) is 0 Å². The lowest BCUT2D eigenvalue weighted by Crippen LogP contribution is -2.14. The zero-order valence-corrected chi connectivity index (χ0v) is 5.65. The van der Waals surface area contributed by atoms with Crippen LogP contribution in [0.5, 0.6) is 0 Å². The molecule has 0 saturated heterocycles. The molecule has 1 aromatic heterocycles. The van der Waals surface area contributed by atoms with E-state index in [0.29, 0.717) is 0 Å². The Morgan fingerprint density at radius 2 is 2.45 bits per heavy atom. The number of aromatic nitrogens is 2. The van der Waals surface area contributed by atoms with E-state index >= 15 is 0 Å². The lowest BCUT2D eigenvalue weighted by atomic mass is 10.7. The van der Waals surface area contributed by atoms with Crippen molar-refractivity contribution in [2.24, 2.45) is 10.7 Å². The first-order chi connectivity index (χ1) is 5.20. The molecule has 0 amide bonds. The van der Waals surface area contributed by atoms with Crippen LogP contribution in [0.1, 0.15) is 0 Å². The van der Waals surface area contributed by atoms with E-state index in [1.165, 1.54) is 10.9 Å². The Morgan fingerprint density at radius 1 is 1.73 bits per heavy atom. The summed E-state index contributed by atoms with van der Waals surface area (Å²) in [6.45, 7) is 0. The molecule has 4 N–H and O–H groups in total. The standard InChI is InChI=1S/C5H7N6/c6-4(7)10-5(8)11-3-1-2-9-11/h1-3H,(H4-,6,7,8,10)/q-1. The summed E-state index contributed by atoms with van der Waals surface area (Å²) in [5, 5.41) is 10.5. The van der Waals surface area contributed by atoms with Gasteiger partial charge in [0, 0.05) is 12.2 Å². The van der Waals surface area contributed by atoms with Crippen LogP contribution >= 0.6 is 0 Å². The third-order valence-corrected chi connectivity index (χ3v) is 0.948. The van der Waals surface area contributed by atoms with E-state index in [1.807, 2.05) is 0 Å². The SMILES string of the molecule is N=C(N)N=C([NH-])n1cccn1. The van der Waals surface area contributed by atoms with Crippen LogP contribution < -0.4 is 5.73 Å². The summed E-state index contributed by atoms with van der Waals surface area (Å²) >= 11 is 0. The van der Waals surface area contributed by atoms with E-state index in [4.69, 9.17) is 16.9 Å². The van der Waals surface area contributed by atoms with Crippen molar-refractivity contribution in [1.82, 2.24) is 9.78 Å². The molecular formula is C5H7N6-. The van der Waals surface area contributed by atoms with Crippen LogP contribution in [0.4, 0.5) is 0 Å².